The molecule has 2 aromatic rings. The van der Waals surface area contributed by atoms with Gasteiger partial charge in [0.1, 0.15) is 0 Å². The van der Waals surface area contributed by atoms with Gasteiger partial charge in [0.15, 0.2) is 0 Å². The fraction of sp³-hybridized carbons (Fsp3) is 0.412. The van der Waals surface area contributed by atoms with Crippen LogP contribution in [-0.2, 0) is 6.54 Å². The van der Waals surface area contributed by atoms with Crippen LogP contribution in [0.4, 0.5) is 0 Å². The molecular formula is C17H23BrN2S. The van der Waals surface area contributed by atoms with Crippen molar-refractivity contribution in [1.29, 1.82) is 0 Å². The third-order valence-corrected chi connectivity index (χ3v) is 5.34. The predicted molar refractivity (Wildman–Crippen MR) is 95.9 cm³/mol. The number of nitrogens with zero attached hydrogens (tertiary/aromatic N) is 1. The molecule has 0 aliphatic rings. The Morgan fingerprint density at radius 2 is 2.10 bits per heavy atom. The number of nitrogens with one attached hydrogen (secondary N) is 1. The summed E-state index contributed by atoms with van der Waals surface area (Å²) in [5.41, 5.74) is 4.15. The highest BCUT2D eigenvalue weighted by Gasteiger charge is 2.12. The molecule has 0 saturated heterocycles. The molecule has 1 aromatic heterocycles. The van der Waals surface area contributed by atoms with Crippen molar-refractivity contribution in [2.24, 2.45) is 0 Å². The summed E-state index contributed by atoms with van der Waals surface area (Å²) in [5.74, 6) is 0. The molecule has 2 nitrogen and oxygen atoms in total. The van der Waals surface area contributed by atoms with Crippen LogP contribution in [0.5, 0.6) is 0 Å². The Morgan fingerprint density at radius 3 is 2.71 bits per heavy atom. The SMILES string of the molecule is CNC(CCN(C)Cc1csc(Br)c1)c1ccccc1C. The number of rotatable bonds is 7. The molecule has 1 N–H and O–H groups in total. The molecule has 0 spiro atoms. The number of aryl methyl sites for hydroxylation is 1. The molecule has 4 heteroatoms. The van der Waals surface area contributed by atoms with Crippen LogP contribution in [0.2, 0.25) is 0 Å². The van der Waals surface area contributed by atoms with Crippen molar-refractivity contribution in [3.8, 4) is 0 Å². The van der Waals surface area contributed by atoms with Crippen molar-refractivity contribution >= 4 is 27.3 Å². The minimum atomic E-state index is 0.419. The maximum Gasteiger partial charge on any atom is 0.0701 e. The third-order valence-electron chi connectivity index (χ3n) is 3.79. The summed E-state index contributed by atoms with van der Waals surface area (Å²) >= 11 is 5.28. The van der Waals surface area contributed by atoms with Crippen LogP contribution in [0.15, 0.2) is 39.5 Å². The van der Waals surface area contributed by atoms with E-state index >= 15 is 0 Å². The first-order valence-electron chi connectivity index (χ1n) is 7.24. The van der Waals surface area contributed by atoms with Crippen LogP contribution < -0.4 is 5.32 Å². The molecule has 0 aliphatic carbocycles. The van der Waals surface area contributed by atoms with E-state index in [4.69, 9.17) is 0 Å². The molecule has 21 heavy (non-hydrogen) atoms. The number of thiophene rings is 1. The molecule has 0 saturated carbocycles. The summed E-state index contributed by atoms with van der Waals surface area (Å²) in [7, 11) is 4.24. The second kappa shape index (κ2) is 8.08. The molecule has 114 valence electrons. The zero-order valence-electron chi connectivity index (χ0n) is 12.9. The lowest BCUT2D eigenvalue weighted by Crippen LogP contribution is -2.25. The van der Waals surface area contributed by atoms with E-state index in [1.165, 1.54) is 20.5 Å². The van der Waals surface area contributed by atoms with Crippen molar-refractivity contribution in [3.05, 3.63) is 56.2 Å². The molecule has 0 bridgehead atoms. The maximum absolute atomic E-state index is 3.52. The summed E-state index contributed by atoms with van der Waals surface area (Å²) in [4.78, 5) is 2.39. The zero-order chi connectivity index (χ0) is 15.2. The Labute approximate surface area is 140 Å². The first-order valence-corrected chi connectivity index (χ1v) is 8.91. The number of hydrogen-bond acceptors (Lipinski definition) is 3. The molecule has 0 amide bonds. The molecule has 1 unspecified atom stereocenters. The molecular weight excluding hydrogens is 344 g/mol. The number of halogens is 1. The van der Waals surface area contributed by atoms with Gasteiger partial charge in [-0.3, -0.25) is 0 Å². The monoisotopic (exact) mass is 366 g/mol. The molecule has 0 aliphatic heterocycles. The van der Waals surface area contributed by atoms with Gasteiger partial charge >= 0.3 is 0 Å². The highest BCUT2D eigenvalue weighted by Crippen LogP contribution is 2.23. The summed E-state index contributed by atoms with van der Waals surface area (Å²) < 4.78 is 1.21. The van der Waals surface area contributed by atoms with Crippen molar-refractivity contribution < 1.29 is 0 Å². The zero-order valence-corrected chi connectivity index (χ0v) is 15.3. The lowest BCUT2D eigenvalue weighted by atomic mass is 9.99. The fourth-order valence-electron chi connectivity index (χ4n) is 2.60. The van der Waals surface area contributed by atoms with Gasteiger partial charge in [0.25, 0.3) is 0 Å². The Bertz CT molecular complexity index is 567. The molecule has 1 atom stereocenters. The second-order valence-electron chi connectivity index (χ2n) is 5.48. The normalized spacial score (nSPS) is 12.8. The highest BCUT2D eigenvalue weighted by molar-refractivity contribution is 9.11. The van der Waals surface area contributed by atoms with E-state index in [1.807, 2.05) is 7.05 Å². The largest absolute Gasteiger partial charge is 0.313 e. The van der Waals surface area contributed by atoms with Gasteiger partial charge < -0.3 is 10.2 Å². The summed E-state index contributed by atoms with van der Waals surface area (Å²) in [6, 6.07) is 11.3. The lowest BCUT2D eigenvalue weighted by molar-refractivity contribution is 0.304. The van der Waals surface area contributed by atoms with Crippen LogP contribution in [-0.4, -0.2) is 25.5 Å². The summed E-state index contributed by atoms with van der Waals surface area (Å²) in [6.45, 7) is 4.27. The number of hydrogen-bond donors (Lipinski definition) is 1. The van der Waals surface area contributed by atoms with E-state index in [0.717, 1.165) is 19.5 Å². The Kier molecular flexibility index (Phi) is 6.42. The topological polar surface area (TPSA) is 15.3 Å². The van der Waals surface area contributed by atoms with E-state index in [1.54, 1.807) is 11.3 Å². The van der Waals surface area contributed by atoms with Gasteiger partial charge in [-0.1, -0.05) is 24.3 Å². The maximum atomic E-state index is 3.52. The van der Waals surface area contributed by atoms with Crippen molar-refractivity contribution in [3.63, 3.8) is 0 Å². The van der Waals surface area contributed by atoms with Crippen molar-refractivity contribution in [2.45, 2.75) is 25.9 Å². The second-order valence-corrected chi connectivity index (χ2v) is 7.77. The first kappa shape index (κ1) is 16.7. The molecule has 0 radical (unpaired) electrons. The molecule has 2 rings (SSSR count). The van der Waals surface area contributed by atoms with Crippen LogP contribution in [0.3, 0.4) is 0 Å². The number of benzene rings is 1. The van der Waals surface area contributed by atoms with Gasteiger partial charge in [0, 0.05) is 12.6 Å². The quantitative estimate of drug-likeness (QED) is 0.769. The van der Waals surface area contributed by atoms with E-state index in [2.05, 4.69) is 75.8 Å². The molecule has 0 fully saturated rings. The van der Waals surface area contributed by atoms with Gasteiger partial charge in [-0.2, -0.15) is 0 Å². The minimum absolute atomic E-state index is 0.419. The summed E-state index contributed by atoms with van der Waals surface area (Å²) in [5, 5.41) is 5.67. The van der Waals surface area contributed by atoms with E-state index in [9.17, 15) is 0 Å². The average molecular weight is 367 g/mol. The smallest absolute Gasteiger partial charge is 0.0701 e. The standard InChI is InChI=1S/C17H23BrN2S/c1-13-6-4-5-7-15(13)16(19-2)8-9-20(3)11-14-10-17(18)21-12-14/h4-7,10,12,16,19H,8-9,11H2,1-3H3. The van der Waals surface area contributed by atoms with Gasteiger partial charge in [-0.05, 0) is 78.1 Å². The Balaban J connectivity index is 1.89. The van der Waals surface area contributed by atoms with Crippen LogP contribution in [0.25, 0.3) is 0 Å². The van der Waals surface area contributed by atoms with Gasteiger partial charge in [0.2, 0.25) is 0 Å². The molecule has 1 heterocycles. The third kappa shape index (κ3) is 4.92. The average Bonchev–Trinajstić information content (AvgIpc) is 2.86. The van der Waals surface area contributed by atoms with Gasteiger partial charge in [0.05, 0.1) is 3.79 Å². The predicted octanol–water partition coefficient (Wildman–Crippen LogP) is 4.60. The molecule has 1 aromatic carbocycles. The van der Waals surface area contributed by atoms with Crippen LogP contribution in [0.1, 0.15) is 29.2 Å². The first-order chi connectivity index (χ1) is 10.1. The van der Waals surface area contributed by atoms with Gasteiger partial charge in [-0.15, -0.1) is 11.3 Å². The Hall–Kier alpha value is -0.680. The lowest BCUT2D eigenvalue weighted by Gasteiger charge is -2.22. The van der Waals surface area contributed by atoms with Crippen molar-refractivity contribution in [2.75, 3.05) is 20.6 Å². The van der Waals surface area contributed by atoms with Crippen LogP contribution >= 0.6 is 27.3 Å². The van der Waals surface area contributed by atoms with E-state index < -0.39 is 0 Å². The van der Waals surface area contributed by atoms with Gasteiger partial charge in [-0.25, -0.2) is 0 Å². The van der Waals surface area contributed by atoms with Crippen molar-refractivity contribution in [1.82, 2.24) is 10.2 Å². The van der Waals surface area contributed by atoms with E-state index in [0.29, 0.717) is 6.04 Å². The minimum Gasteiger partial charge on any atom is -0.313 e. The van der Waals surface area contributed by atoms with E-state index in [-0.39, 0.29) is 0 Å². The fourth-order valence-corrected chi connectivity index (χ4v) is 3.80. The highest BCUT2D eigenvalue weighted by atomic mass is 79.9. The Morgan fingerprint density at radius 1 is 1.33 bits per heavy atom. The summed E-state index contributed by atoms with van der Waals surface area (Å²) in [6.07, 6.45) is 1.11. The van der Waals surface area contributed by atoms with Crippen LogP contribution in [0, 0.1) is 6.92 Å².